The normalized spacial score (nSPS) is 15.9. The number of thiazole rings is 1. The van der Waals surface area contributed by atoms with Crippen LogP contribution in [0.15, 0.2) is 24.4 Å². The molecule has 7 heteroatoms. The van der Waals surface area contributed by atoms with Gasteiger partial charge < -0.3 is 9.47 Å². The molecule has 2 aromatic heterocycles. The lowest BCUT2D eigenvalue weighted by Crippen LogP contribution is -1.93. The van der Waals surface area contributed by atoms with Crippen molar-refractivity contribution >= 4 is 32.6 Å². The SMILES string of the molecule is COc1cnc2c(-c3nc4cc(F)c5c(c4s3)[C@@H](C)CO5)cc(C)cc2n1. The molecular formula is C20H16FN3O2S. The Labute approximate surface area is 158 Å². The smallest absolute Gasteiger partial charge is 0.232 e. The van der Waals surface area contributed by atoms with Crippen LogP contribution < -0.4 is 9.47 Å². The van der Waals surface area contributed by atoms with Gasteiger partial charge >= 0.3 is 0 Å². The summed E-state index contributed by atoms with van der Waals surface area (Å²) in [6, 6.07) is 5.46. The third kappa shape index (κ3) is 2.45. The number of nitrogens with zero attached hydrogens (tertiary/aromatic N) is 3. The van der Waals surface area contributed by atoms with Crippen LogP contribution in [0.3, 0.4) is 0 Å². The zero-order chi connectivity index (χ0) is 18.7. The molecule has 1 atom stereocenters. The van der Waals surface area contributed by atoms with E-state index in [1.165, 1.54) is 6.07 Å². The molecule has 0 saturated heterocycles. The first kappa shape index (κ1) is 16.4. The average molecular weight is 381 g/mol. The Morgan fingerprint density at radius 2 is 2.07 bits per heavy atom. The van der Waals surface area contributed by atoms with Gasteiger partial charge in [-0.15, -0.1) is 11.3 Å². The summed E-state index contributed by atoms with van der Waals surface area (Å²) in [6.45, 7) is 4.55. The first-order chi connectivity index (χ1) is 13.0. The molecule has 1 aliphatic rings. The van der Waals surface area contributed by atoms with Gasteiger partial charge in [-0.05, 0) is 24.6 Å². The summed E-state index contributed by atoms with van der Waals surface area (Å²) >= 11 is 1.54. The van der Waals surface area contributed by atoms with E-state index in [1.807, 2.05) is 26.0 Å². The van der Waals surface area contributed by atoms with E-state index in [1.54, 1.807) is 24.6 Å². The van der Waals surface area contributed by atoms with Gasteiger partial charge in [0.15, 0.2) is 11.6 Å². The number of hydrogen-bond donors (Lipinski definition) is 0. The van der Waals surface area contributed by atoms with Gasteiger partial charge in [0, 0.05) is 23.1 Å². The third-order valence-electron chi connectivity index (χ3n) is 4.80. The predicted molar refractivity (Wildman–Crippen MR) is 103 cm³/mol. The summed E-state index contributed by atoms with van der Waals surface area (Å²) in [7, 11) is 1.57. The van der Waals surface area contributed by atoms with Crippen LogP contribution in [0.1, 0.15) is 24.0 Å². The van der Waals surface area contributed by atoms with Gasteiger partial charge in [0.05, 0.1) is 41.2 Å². The van der Waals surface area contributed by atoms with E-state index in [9.17, 15) is 4.39 Å². The van der Waals surface area contributed by atoms with E-state index >= 15 is 0 Å². The summed E-state index contributed by atoms with van der Waals surface area (Å²) in [5.74, 6) is 0.625. The number of hydrogen-bond acceptors (Lipinski definition) is 6. The van der Waals surface area contributed by atoms with E-state index in [-0.39, 0.29) is 11.7 Å². The van der Waals surface area contributed by atoms with Gasteiger partial charge in [-0.25, -0.2) is 19.3 Å². The van der Waals surface area contributed by atoms with Gasteiger partial charge in [-0.3, -0.25) is 0 Å². The second-order valence-electron chi connectivity index (χ2n) is 6.77. The molecule has 27 heavy (non-hydrogen) atoms. The Bertz CT molecular complexity index is 1220. The fraction of sp³-hybridized carbons (Fsp3) is 0.250. The van der Waals surface area contributed by atoms with Crippen molar-refractivity contribution in [3.63, 3.8) is 0 Å². The number of aromatic nitrogens is 3. The summed E-state index contributed by atoms with van der Waals surface area (Å²) < 4.78 is 26.1. The zero-order valence-electron chi connectivity index (χ0n) is 15.0. The topological polar surface area (TPSA) is 57.1 Å². The zero-order valence-corrected chi connectivity index (χ0v) is 15.9. The lowest BCUT2D eigenvalue weighted by Gasteiger charge is -2.06. The first-order valence-electron chi connectivity index (χ1n) is 8.62. The van der Waals surface area contributed by atoms with Gasteiger partial charge in [0.1, 0.15) is 5.01 Å². The monoisotopic (exact) mass is 381 g/mol. The Kier molecular flexibility index (Phi) is 3.55. The van der Waals surface area contributed by atoms with Gasteiger partial charge in [-0.2, -0.15) is 0 Å². The Hall–Kier alpha value is -2.80. The second kappa shape index (κ2) is 5.85. The third-order valence-corrected chi connectivity index (χ3v) is 5.94. The van der Waals surface area contributed by atoms with E-state index in [4.69, 9.17) is 14.5 Å². The molecule has 0 bridgehead atoms. The predicted octanol–water partition coefficient (Wildman–Crippen LogP) is 4.86. The van der Waals surface area contributed by atoms with Crippen molar-refractivity contribution in [1.82, 2.24) is 15.0 Å². The molecule has 2 aromatic carbocycles. The highest BCUT2D eigenvalue weighted by atomic mass is 32.1. The number of aryl methyl sites for hydroxylation is 1. The second-order valence-corrected chi connectivity index (χ2v) is 7.77. The largest absolute Gasteiger partial charge is 0.490 e. The Balaban J connectivity index is 1.78. The standard InChI is InChI=1S/C20H16FN3O2S/c1-9-4-11(17-13(5-9)23-15(25-3)7-22-17)20-24-14-6-12(21)18-16(19(14)27-20)10(2)8-26-18/h4-7,10H,8H2,1-3H3/t10-/m0/s1. The van der Waals surface area contributed by atoms with E-state index in [0.29, 0.717) is 23.8 Å². The van der Waals surface area contributed by atoms with Crippen molar-refractivity contribution in [3.8, 4) is 22.2 Å². The van der Waals surface area contributed by atoms with Crippen LogP contribution in [0.2, 0.25) is 0 Å². The van der Waals surface area contributed by atoms with Crippen LogP contribution in [0.25, 0.3) is 31.8 Å². The molecule has 0 aliphatic carbocycles. The maximum absolute atomic E-state index is 14.4. The summed E-state index contributed by atoms with van der Waals surface area (Å²) in [5.41, 5.74) is 5.01. The number of halogens is 1. The van der Waals surface area contributed by atoms with Gasteiger partial charge in [0.2, 0.25) is 5.88 Å². The number of methoxy groups -OCH3 is 1. The molecular weight excluding hydrogens is 365 g/mol. The number of ether oxygens (including phenoxy) is 2. The van der Waals surface area contributed by atoms with Crippen LogP contribution in [0, 0.1) is 12.7 Å². The molecule has 5 rings (SSSR count). The van der Waals surface area contributed by atoms with Gasteiger partial charge in [-0.1, -0.05) is 6.92 Å². The minimum Gasteiger partial charge on any atom is -0.490 e. The number of fused-ring (bicyclic) bond motifs is 4. The molecule has 3 heterocycles. The molecule has 0 unspecified atom stereocenters. The van der Waals surface area contributed by atoms with Crippen molar-refractivity contribution in [2.75, 3.05) is 13.7 Å². The van der Waals surface area contributed by atoms with E-state index < -0.39 is 0 Å². The lowest BCUT2D eigenvalue weighted by molar-refractivity contribution is 0.323. The highest BCUT2D eigenvalue weighted by Gasteiger charge is 2.28. The molecule has 136 valence electrons. The van der Waals surface area contributed by atoms with Crippen molar-refractivity contribution in [1.29, 1.82) is 0 Å². The minimum absolute atomic E-state index is 0.143. The Morgan fingerprint density at radius 1 is 1.22 bits per heavy atom. The lowest BCUT2D eigenvalue weighted by atomic mass is 10.0. The van der Waals surface area contributed by atoms with E-state index in [2.05, 4.69) is 9.97 Å². The molecule has 0 saturated carbocycles. The van der Waals surface area contributed by atoms with Crippen molar-refractivity contribution in [2.24, 2.45) is 0 Å². The molecule has 0 fully saturated rings. The minimum atomic E-state index is -0.350. The fourth-order valence-corrected chi connectivity index (χ4v) is 4.77. The van der Waals surface area contributed by atoms with Crippen LogP contribution in [0.4, 0.5) is 4.39 Å². The number of benzene rings is 2. The summed E-state index contributed by atoms with van der Waals surface area (Å²) in [4.78, 5) is 13.7. The highest BCUT2D eigenvalue weighted by molar-refractivity contribution is 7.22. The Morgan fingerprint density at radius 3 is 2.89 bits per heavy atom. The van der Waals surface area contributed by atoms with Crippen LogP contribution >= 0.6 is 11.3 Å². The molecule has 5 nitrogen and oxygen atoms in total. The van der Waals surface area contributed by atoms with Crippen LogP contribution in [0.5, 0.6) is 11.6 Å². The van der Waals surface area contributed by atoms with Crippen molar-refractivity contribution in [2.45, 2.75) is 19.8 Å². The first-order valence-corrected chi connectivity index (χ1v) is 9.44. The highest BCUT2D eigenvalue weighted by Crippen LogP contribution is 2.45. The van der Waals surface area contributed by atoms with Crippen LogP contribution in [-0.4, -0.2) is 28.7 Å². The molecule has 4 aromatic rings. The fourth-order valence-electron chi connectivity index (χ4n) is 3.55. The molecule has 1 aliphatic heterocycles. The molecule has 0 spiro atoms. The number of rotatable bonds is 2. The molecule has 0 amide bonds. The summed E-state index contributed by atoms with van der Waals surface area (Å²) in [6.07, 6.45) is 1.60. The van der Waals surface area contributed by atoms with Crippen LogP contribution in [-0.2, 0) is 0 Å². The molecule has 0 radical (unpaired) electrons. The van der Waals surface area contributed by atoms with Gasteiger partial charge in [0.25, 0.3) is 0 Å². The maximum atomic E-state index is 14.4. The average Bonchev–Trinajstić information content (AvgIpc) is 3.24. The van der Waals surface area contributed by atoms with E-state index in [0.717, 1.165) is 37.4 Å². The van der Waals surface area contributed by atoms with Crippen molar-refractivity contribution < 1.29 is 13.9 Å². The summed E-state index contributed by atoms with van der Waals surface area (Å²) in [5, 5.41) is 0.796. The van der Waals surface area contributed by atoms with Crippen molar-refractivity contribution in [3.05, 3.63) is 41.3 Å². The maximum Gasteiger partial charge on any atom is 0.232 e. The molecule has 0 N–H and O–H groups in total. The quantitative estimate of drug-likeness (QED) is 0.496.